The maximum Gasteiger partial charge on any atom is 0.243 e. The van der Waals surface area contributed by atoms with Crippen LogP contribution in [-0.2, 0) is 14.8 Å². The van der Waals surface area contributed by atoms with Crippen molar-refractivity contribution in [3.8, 4) is 0 Å². The van der Waals surface area contributed by atoms with Gasteiger partial charge < -0.3 is 5.32 Å². The van der Waals surface area contributed by atoms with Crippen LogP contribution in [0.15, 0.2) is 76.1 Å². The minimum Gasteiger partial charge on any atom is -0.325 e. The molecule has 7 heteroatoms. The van der Waals surface area contributed by atoms with Crippen molar-refractivity contribution in [2.24, 2.45) is 5.92 Å². The number of carbonyl (C=O) groups excluding carboxylic acids is 1. The lowest BCUT2D eigenvalue weighted by Crippen LogP contribution is -2.43. The van der Waals surface area contributed by atoms with Crippen LogP contribution < -0.4 is 5.32 Å². The number of hydrogen-bond acceptors (Lipinski definition) is 3. The maximum atomic E-state index is 13.2. The molecule has 1 heterocycles. The molecule has 1 saturated heterocycles. The Morgan fingerprint density at radius 2 is 1.72 bits per heavy atom. The summed E-state index contributed by atoms with van der Waals surface area (Å²) in [4.78, 5) is 13.0. The number of piperidine rings is 1. The minimum absolute atomic E-state index is 0.157. The molecule has 0 radical (unpaired) electrons. The minimum atomic E-state index is -3.66. The second kappa shape index (κ2) is 8.26. The first-order valence-electron chi connectivity index (χ1n) is 9.49. The number of anilines is 1. The van der Waals surface area contributed by atoms with E-state index < -0.39 is 10.0 Å². The van der Waals surface area contributed by atoms with Crippen molar-refractivity contribution in [1.29, 1.82) is 0 Å². The Morgan fingerprint density at radius 1 is 1.00 bits per heavy atom. The number of fused-ring (bicyclic) bond motifs is 1. The predicted octanol–water partition coefficient (Wildman–Crippen LogP) is 4.64. The van der Waals surface area contributed by atoms with Crippen molar-refractivity contribution >= 4 is 48.3 Å². The SMILES string of the molecule is O=C(Nc1ccccc1Br)C1CCCN(S(=O)(=O)c2ccc3ccccc3c2)C1. The van der Waals surface area contributed by atoms with Gasteiger partial charge in [0.15, 0.2) is 0 Å². The topological polar surface area (TPSA) is 66.5 Å². The molecule has 1 amide bonds. The number of hydrogen-bond donors (Lipinski definition) is 1. The first kappa shape index (κ1) is 20.1. The van der Waals surface area contributed by atoms with Crippen molar-refractivity contribution in [1.82, 2.24) is 4.31 Å². The highest BCUT2D eigenvalue weighted by atomic mass is 79.9. The van der Waals surface area contributed by atoms with E-state index in [9.17, 15) is 13.2 Å². The number of amides is 1. The van der Waals surface area contributed by atoms with E-state index in [1.165, 1.54) is 4.31 Å². The summed E-state index contributed by atoms with van der Waals surface area (Å²) in [5.74, 6) is -0.540. The molecule has 3 aromatic rings. The van der Waals surface area contributed by atoms with E-state index in [0.717, 1.165) is 15.2 Å². The highest BCUT2D eigenvalue weighted by Crippen LogP contribution is 2.28. The third kappa shape index (κ3) is 4.22. The Balaban J connectivity index is 1.53. The van der Waals surface area contributed by atoms with Crippen LogP contribution in [0.25, 0.3) is 10.8 Å². The number of benzene rings is 3. The van der Waals surface area contributed by atoms with Crippen LogP contribution in [-0.4, -0.2) is 31.7 Å². The summed E-state index contributed by atoms with van der Waals surface area (Å²) in [5, 5.41) is 4.79. The normalized spacial score (nSPS) is 17.9. The molecular formula is C22H21BrN2O3S. The first-order chi connectivity index (χ1) is 13.9. The molecule has 29 heavy (non-hydrogen) atoms. The fraction of sp³-hybridized carbons (Fsp3) is 0.227. The quantitative estimate of drug-likeness (QED) is 0.601. The standard InChI is InChI=1S/C22H21BrN2O3S/c23-20-9-3-4-10-21(20)24-22(26)18-8-5-13-25(15-18)29(27,28)19-12-11-16-6-1-2-7-17(16)14-19/h1-4,6-7,9-12,14,18H,5,8,13,15H2,(H,24,26). The number of sulfonamides is 1. The van der Waals surface area contributed by atoms with Crippen LogP contribution in [0.3, 0.4) is 0 Å². The van der Waals surface area contributed by atoms with Gasteiger partial charge in [0.05, 0.1) is 16.5 Å². The van der Waals surface area contributed by atoms with Crippen LogP contribution in [0.5, 0.6) is 0 Å². The number of rotatable bonds is 4. The zero-order valence-electron chi connectivity index (χ0n) is 15.7. The molecule has 0 spiro atoms. The Kier molecular flexibility index (Phi) is 5.72. The van der Waals surface area contributed by atoms with Gasteiger partial charge >= 0.3 is 0 Å². The average Bonchev–Trinajstić information content (AvgIpc) is 2.75. The second-order valence-electron chi connectivity index (χ2n) is 7.18. The van der Waals surface area contributed by atoms with Gasteiger partial charge in [-0.3, -0.25) is 4.79 Å². The number of para-hydroxylation sites is 1. The van der Waals surface area contributed by atoms with Crippen molar-refractivity contribution in [3.63, 3.8) is 0 Å². The molecule has 1 fully saturated rings. The van der Waals surface area contributed by atoms with E-state index in [2.05, 4.69) is 21.2 Å². The monoisotopic (exact) mass is 472 g/mol. The van der Waals surface area contributed by atoms with Gasteiger partial charge in [-0.05, 0) is 63.8 Å². The molecule has 0 saturated carbocycles. The van der Waals surface area contributed by atoms with E-state index in [0.29, 0.717) is 25.1 Å². The molecule has 0 aromatic heterocycles. The fourth-order valence-corrected chi connectivity index (χ4v) is 5.59. The molecule has 0 aliphatic carbocycles. The predicted molar refractivity (Wildman–Crippen MR) is 118 cm³/mol. The van der Waals surface area contributed by atoms with Crippen molar-refractivity contribution in [2.45, 2.75) is 17.7 Å². The van der Waals surface area contributed by atoms with Crippen molar-refractivity contribution in [3.05, 3.63) is 71.2 Å². The molecule has 1 unspecified atom stereocenters. The van der Waals surface area contributed by atoms with Crippen LogP contribution in [0.1, 0.15) is 12.8 Å². The van der Waals surface area contributed by atoms with Gasteiger partial charge in [0.2, 0.25) is 15.9 Å². The average molecular weight is 473 g/mol. The molecule has 4 rings (SSSR count). The number of halogens is 1. The van der Waals surface area contributed by atoms with E-state index >= 15 is 0 Å². The van der Waals surface area contributed by atoms with Gasteiger partial charge in [-0.2, -0.15) is 4.31 Å². The highest BCUT2D eigenvalue weighted by Gasteiger charge is 2.33. The van der Waals surface area contributed by atoms with Gasteiger partial charge in [0, 0.05) is 17.6 Å². The van der Waals surface area contributed by atoms with Crippen LogP contribution in [0.4, 0.5) is 5.69 Å². The van der Waals surface area contributed by atoms with Crippen LogP contribution in [0.2, 0.25) is 0 Å². The number of nitrogens with one attached hydrogen (secondary N) is 1. The van der Waals surface area contributed by atoms with Crippen LogP contribution >= 0.6 is 15.9 Å². The summed E-state index contributed by atoms with van der Waals surface area (Å²) in [6.45, 7) is 0.611. The van der Waals surface area contributed by atoms with E-state index in [1.807, 2.05) is 54.6 Å². The lowest BCUT2D eigenvalue weighted by atomic mass is 9.99. The highest BCUT2D eigenvalue weighted by molar-refractivity contribution is 9.10. The Labute approximate surface area is 178 Å². The Bertz CT molecular complexity index is 1160. The van der Waals surface area contributed by atoms with E-state index in [1.54, 1.807) is 12.1 Å². The Morgan fingerprint density at radius 3 is 2.52 bits per heavy atom. The summed E-state index contributed by atoms with van der Waals surface area (Å²) >= 11 is 3.42. The fourth-order valence-electron chi connectivity index (χ4n) is 3.65. The van der Waals surface area contributed by atoms with E-state index in [4.69, 9.17) is 0 Å². The molecule has 3 aromatic carbocycles. The lowest BCUT2D eigenvalue weighted by molar-refractivity contribution is -0.120. The molecule has 150 valence electrons. The third-order valence-corrected chi connectivity index (χ3v) is 7.80. The Hall–Kier alpha value is -2.22. The van der Waals surface area contributed by atoms with E-state index in [-0.39, 0.29) is 23.3 Å². The maximum absolute atomic E-state index is 13.2. The molecular weight excluding hydrogens is 452 g/mol. The molecule has 5 nitrogen and oxygen atoms in total. The molecule has 1 atom stereocenters. The zero-order chi connectivity index (χ0) is 20.4. The summed E-state index contributed by atoms with van der Waals surface area (Å²) < 4.78 is 28.6. The summed E-state index contributed by atoms with van der Waals surface area (Å²) in [6.07, 6.45) is 1.32. The van der Waals surface area contributed by atoms with Gasteiger partial charge in [-0.1, -0.05) is 42.5 Å². The van der Waals surface area contributed by atoms with Crippen molar-refractivity contribution in [2.75, 3.05) is 18.4 Å². The molecule has 1 N–H and O–H groups in total. The zero-order valence-corrected chi connectivity index (χ0v) is 18.1. The van der Waals surface area contributed by atoms with Crippen molar-refractivity contribution < 1.29 is 13.2 Å². The number of carbonyl (C=O) groups is 1. The second-order valence-corrected chi connectivity index (χ2v) is 9.97. The van der Waals surface area contributed by atoms with Gasteiger partial charge in [-0.25, -0.2) is 8.42 Å². The molecule has 1 aliphatic heterocycles. The molecule has 0 bridgehead atoms. The summed E-state index contributed by atoms with van der Waals surface area (Å²) in [5.41, 5.74) is 0.687. The van der Waals surface area contributed by atoms with Gasteiger partial charge in [-0.15, -0.1) is 0 Å². The number of nitrogens with zero attached hydrogens (tertiary/aromatic N) is 1. The van der Waals surface area contributed by atoms with Crippen LogP contribution in [0, 0.1) is 5.92 Å². The van der Waals surface area contributed by atoms with Gasteiger partial charge in [0.1, 0.15) is 0 Å². The largest absolute Gasteiger partial charge is 0.325 e. The summed E-state index contributed by atoms with van der Waals surface area (Å²) in [6, 6.07) is 20.2. The lowest BCUT2D eigenvalue weighted by Gasteiger charge is -2.31. The first-order valence-corrected chi connectivity index (χ1v) is 11.7. The summed E-state index contributed by atoms with van der Waals surface area (Å²) in [7, 11) is -3.66. The molecule has 1 aliphatic rings. The smallest absolute Gasteiger partial charge is 0.243 e. The third-order valence-electron chi connectivity index (χ3n) is 5.25. The van der Waals surface area contributed by atoms with Gasteiger partial charge in [0.25, 0.3) is 0 Å².